The molecule has 4 rings (SSSR count). The Balaban J connectivity index is 1.46. The van der Waals surface area contributed by atoms with Crippen molar-refractivity contribution in [3.63, 3.8) is 0 Å². The number of nitrogens with zero attached hydrogens (tertiary/aromatic N) is 8. The van der Waals surface area contributed by atoms with Gasteiger partial charge in [-0.1, -0.05) is 25.4 Å². The van der Waals surface area contributed by atoms with Gasteiger partial charge in [0.25, 0.3) is 5.91 Å². The molecule has 2 aromatic heterocycles. The van der Waals surface area contributed by atoms with Gasteiger partial charge in [0.05, 0.1) is 23.1 Å². The molecule has 1 aromatic carbocycles. The fraction of sp³-hybridized carbons (Fsp3) is 0.400. The molecule has 162 valence electrons. The van der Waals surface area contributed by atoms with Gasteiger partial charge in [0.2, 0.25) is 5.91 Å². The summed E-state index contributed by atoms with van der Waals surface area (Å²) in [7, 11) is 0. The van der Waals surface area contributed by atoms with Gasteiger partial charge in [-0.15, -0.1) is 5.10 Å². The van der Waals surface area contributed by atoms with Crippen LogP contribution in [0.5, 0.6) is 0 Å². The third kappa shape index (κ3) is 4.43. The monoisotopic (exact) mass is 442 g/mol. The number of halogens is 1. The van der Waals surface area contributed by atoms with Gasteiger partial charge in [-0.25, -0.2) is 9.36 Å². The first-order chi connectivity index (χ1) is 14.9. The summed E-state index contributed by atoms with van der Waals surface area (Å²) in [5.41, 5.74) is 2.29. The van der Waals surface area contributed by atoms with E-state index in [1.165, 1.54) is 11.0 Å². The van der Waals surface area contributed by atoms with Crippen LogP contribution in [0.3, 0.4) is 0 Å². The second kappa shape index (κ2) is 8.84. The lowest BCUT2D eigenvalue weighted by Gasteiger charge is -2.34. The van der Waals surface area contributed by atoms with E-state index in [-0.39, 0.29) is 24.3 Å². The molecule has 0 bridgehead atoms. The molecule has 31 heavy (non-hydrogen) atoms. The molecule has 10 nitrogen and oxygen atoms in total. The van der Waals surface area contributed by atoms with Crippen molar-refractivity contribution in [3.8, 4) is 5.69 Å². The molecule has 0 aliphatic carbocycles. The second-order valence-corrected chi connectivity index (χ2v) is 8.10. The molecule has 0 atom stereocenters. The molecule has 11 heteroatoms. The lowest BCUT2D eigenvalue weighted by Crippen LogP contribution is -2.51. The van der Waals surface area contributed by atoms with Gasteiger partial charge in [0.15, 0.2) is 0 Å². The normalized spacial score (nSPS) is 14.3. The lowest BCUT2D eigenvalue weighted by atomic mass is 10.0. The minimum absolute atomic E-state index is 0.0715. The summed E-state index contributed by atoms with van der Waals surface area (Å²) < 4.78 is 3.18. The third-order valence-electron chi connectivity index (χ3n) is 5.26. The summed E-state index contributed by atoms with van der Waals surface area (Å²) in [5.74, 6) is -0.0504. The Morgan fingerprint density at radius 3 is 2.35 bits per heavy atom. The largest absolute Gasteiger partial charge is 0.338 e. The van der Waals surface area contributed by atoms with Crippen LogP contribution < -0.4 is 0 Å². The number of benzene rings is 1. The Kier molecular flexibility index (Phi) is 5.99. The molecule has 1 fully saturated rings. The van der Waals surface area contributed by atoms with Crippen molar-refractivity contribution >= 4 is 23.4 Å². The molecule has 1 aliphatic rings. The molecule has 3 aromatic rings. The smallest absolute Gasteiger partial charge is 0.257 e. The zero-order valence-electron chi connectivity index (χ0n) is 17.3. The van der Waals surface area contributed by atoms with E-state index in [1.54, 1.807) is 32.8 Å². The first kappa shape index (κ1) is 21.0. The average molecular weight is 443 g/mol. The predicted octanol–water partition coefficient (Wildman–Crippen LogP) is 1.62. The minimum atomic E-state index is -0.0727. The standard InChI is InChI=1S/C20H23ClN8O2/c1-14(2)19-17(11-23-29(19)16-5-3-15(21)4-6-16)20(31)27-9-7-26(8-10-27)18(30)12-28-13-22-24-25-28/h3-6,11,13-14H,7-10,12H2,1-2H3. The Morgan fingerprint density at radius 2 is 1.74 bits per heavy atom. The third-order valence-corrected chi connectivity index (χ3v) is 5.52. The number of hydrogen-bond acceptors (Lipinski definition) is 6. The van der Waals surface area contributed by atoms with E-state index in [9.17, 15) is 9.59 Å². The van der Waals surface area contributed by atoms with E-state index in [2.05, 4.69) is 20.6 Å². The van der Waals surface area contributed by atoms with Crippen molar-refractivity contribution in [1.29, 1.82) is 0 Å². The van der Waals surface area contributed by atoms with Crippen LogP contribution in [0, 0.1) is 0 Å². The van der Waals surface area contributed by atoms with Gasteiger partial charge in [0.1, 0.15) is 12.9 Å². The number of rotatable bonds is 5. The highest BCUT2D eigenvalue weighted by atomic mass is 35.5. The Hall–Kier alpha value is -3.27. The zero-order chi connectivity index (χ0) is 22.0. The first-order valence-electron chi connectivity index (χ1n) is 10.1. The maximum atomic E-state index is 13.3. The number of carbonyl (C=O) groups excluding carboxylic acids is 2. The number of amides is 2. The molecule has 2 amide bonds. The number of tetrazole rings is 1. The molecular formula is C20H23ClN8O2. The van der Waals surface area contributed by atoms with Crippen LogP contribution in [-0.4, -0.2) is 77.8 Å². The van der Waals surface area contributed by atoms with E-state index in [0.717, 1.165) is 11.4 Å². The molecule has 0 spiro atoms. The van der Waals surface area contributed by atoms with Crippen LogP contribution in [0.15, 0.2) is 36.8 Å². The fourth-order valence-corrected chi connectivity index (χ4v) is 3.81. The first-order valence-corrected chi connectivity index (χ1v) is 10.4. The highest BCUT2D eigenvalue weighted by Crippen LogP contribution is 2.25. The van der Waals surface area contributed by atoms with E-state index in [1.807, 2.05) is 26.0 Å². The average Bonchev–Trinajstić information content (AvgIpc) is 3.44. The van der Waals surface area contributed by atoms with Gasteiger partial charge in [-0.3, -0.25) is 9.59 Å². The van der Waals surface area contributed by atoms with Crippen molar-refractivity contribution in [3.05, 3.63) is 53.1 Å². The molecule has 0 N–H and O–H groups in total. The summed E-state index contributed by atoms with van der Waals surface area (Å²) in [6, 6.07) is 7.36. The Bertz CT molecular complexity index is 1050. The van der Waals surface area contributed by atoms with Crippen LogP contribution in [0.1, 0.15) is 35.8 Å². The van der Waals surface area contributed by atoms with Crippen LogP contribution in [0.2, 0.25) is 5.02 Å². The second-order valence-electron chi connectivity index (χ2n) is 7.67. The van der Waals surface area contributed by atoms with Crippen LogP contribution in [0.4, 0.5) is 0 Å². The van der Waals surface area contributed by atoms with Crippen molar-refractivity contribution in [1.82, 2.24) is 39.8 Å². The van der Waals surface area contributed by atoms with Crippen molar-refractivity contribution in [2.75, 3.05) is 26.2 Å². The van der Waals surface area contributed by atoms with E-state index < -0.39 is 0 Å². The van der Waals surface area contributed by atoms with Crippen LogP contribution in [0.25, 0.3) is 5.69 Å². The molecule has 1 aliphatic heterocycles. The summed E-state index contributed by atoms with van der Waals surface area (Å²) >= 11 is 6.00. The predicted molar refractivity (Wildman–Crippen MR) is 113 cm³/mol. The van der Waals surface area contributed by atoms with Crippen LogP contribution >= 0.6 is 11.6 Å². The maximum Gasteiger partial charge on any atom is 0.257 e. The Labute approximate surface area is 184 Å². The number of hydrogen-bond donors (Lipinski definition) is 0. The summed E-state index contributed by atoms with van der Waals surface area (Å²) in [6.45, 7) is 6.02. The van der Waals surface area contributed by atoms with Gasteiger partial charge in [-0.05, 0) is 40.6 Å². The van der Waals surface area contributed by atoms with Crippen molar-refractivity contribution in [2.24, 2.45) is 0 Å². The molecule has 3 heterocycles. The van der Waals surface area contributed by atoms with Gasteiger partial charge in [-0.2, -0.15) is 5.10 Å². The number of carbonyl (C=O) groups is 2. The zero-order valence-corrected chi connectivity index (χ0v) is 18.1. The topological polar surface area (TPSA) is 102 Å². The molecule has 0 unspecified atom stereocenters. The van der Waals surface area contributed by atoms with Gasteiger partial charge < -0.3 is 9.80 Å². The SMILES string of the molecule is CC(C)c1c(C(=O)N2CCN(C(=O)Cn3cnnn3)CC2)cnn1-c1ccc(Cl)cc1. The van der Waals surface area contributed by atoms with E-state index >= 15 is 0 Å². The highest BCUT2D eigenvalue weighted by molar-refractivity contribution is 6.30. The Morgan fingerprint density at radius 1 is 1.06 bits per heavy atom. The molecule has 0 radical (unpaired) electrons. The quantitative estimate of drug-likeness (QED) is 0.595. The van der Waals surface area contributed by atoms with Crippen molar-refractivity contribution in [2.45, 2.75) is 26.3 Å². The summed E-state index contributed by atoms with van der Waals surface area (Å²) in [6.07, 6.45) is 3.03. The van der Waals surface area contributed by atoms with E-state index in [4.69, 9.17) is 11.6 Å². The minimum Gasteiger partial charge on any atom is -0.338 e. The van der Waals surface area contributed by atoms with Gasteiger partial charge >= 0.3 is 0 Å². The maximum absolute atomic E-state index is 13.3. The molecule has 1 saturated heterocycles. The number of aromatic nitrogens is 6. The fourth-order valence-electron chi connectivity index (χ4n) is 3.69. The number of piperazine rings is 1. The lowest BCUT2D eigenvalue weighted by molar-refractivity contribution is -0.133. The van der Waals surface area contributed by atoms with Crippen molar-refractivity contribution < 1.29 is 9.59 Å². The molecule has 0 saturated carbocycles. The van der Waals surface area contributed by atoms with Crippen LogP contribution in [-0.2, 0) is 11.3 Å². The summed E-state index contributed by atoms with van der Waals surface area (Å²) in [4.78, 5) is 29.2. The molecular weight excluding hydrogens is 420 g/mol. The van der Waals surface area contributed by atoms with E-state index in [0.29, 0.717) is 36.8 Å². The van der Waals surface area contributed by atoms with Gasteiger partial charge in [0, 0.05) is 31.2 Å². The highest BCUT2D eigenvalue weighted by Gasteiger charge is 2.29. The summed E-state index contributed by atoms with van der Waals surface area (Å²) in [5, 5.41) is 15.9.